The van der Waals surface area contributed by atoms with E-state index in [0.29, 0.717) is 18.8 Å². The number of furan rings is 1. The summed E-state index contributed by atoms with van der Waals surface area (Å²) in [6.45, 7) is 4.46. The summed E-state index contributed by atoms with van der Waals surface area (Å²) in [5, 5.41) is 2.76. The van der Waals surface area contributed by atoms with Crippen LogP contribution in [-0.2, 0) is 32.2 Å². The van der Waals surface area contributed by atoms with Crippen LogP contribution in [-0.4, -0.2) is 35.3 Å². The Morgan fingerprint density at radius 3 is 2.71 bits per heavy atom. The Morgan fingerprint density at radius 1 is 1.29 bits per heavy atom. The molecule has 2 amide bonds. The molecule has 3 rings (SSSR count). The minimum absolute atomic E-state index is 0.0806. The summed E-state index contributed by atoms with van der Waals surface area (Å²) in [4.78, 5) is 38.2. The van der Waals surface area contributed by atoms with Crippen LogP contribution in [0.2, 0.25) is 0 Å². The molecule has 1 N–H and O–H groups in total. The van der Waals surface area contributed by atoms with Crippen molar-refractivity contribution in [3.8, 4) is 0 Å². The number of hydrogen-bond acceptors (Lipinski definition) is 5. The van der Waals surface area contributed by atoms with E-state index in [1.807, 2.05) is 31.2 Å². The number of amides is 2. The van der Waals surface area contributed by atoms with Crippen LogP contribution in [0.15, 0.2) is 47.1 Å². The molecule has 1 aromatic heterocycles. The second-order valence-corrected chi connectivity index (χ2v) is 7.04. The van der Waals surface area contributed by atoms with Crippen molar-refractivity contribution in [3.05, 3.63) is 59.5 Å². The van der Waals surface area contributed by atoms with Gasteiger partial charge in [0.25, 0.3) is 5.91 Å². The van der Waals surface area contributed by atoms with E-state index in [9.17, 15) is 14.4 Å². The smallest absolute Gasteiger partial charge is 0.312 e. The van der Waals surface area contributed by atoms with Gasteiger partial charge >= 0.3 is 5.97 Å². The number of nitrogens with zero attached hydrogens (tertiary/aromatic N) is 1. The molecule has 0 saturated carbocycles. The number of aryl methyl sites for hydroxylation is 1. The van der Waals surface area contributed by atoms with E-state index in [4.69, 9.17) is 9.15 Å². The first-order valence-electron chi connectivity index (χ1n) is 9.26. The lowest BCUT2D eigenvalue weighted by Gasteiger charge is -2.17. The highest BCUT2D eigenvalue weighted by molar-refractivity contribution is 5.88. The number of nitrogens with one attached hydrogen (secondary N) is 1. The molecule has 2 atom stereocenters. The van der Waals surface area contributed by atoms with Gasteiger partial charge in [-0.2, -0.15) is 0 Å². The largest absolute Gasteiger partial charge is 0.467 e. The maximum Gasteiger partial charge on any atom is 0.312 e. The zero-order valence-corrected chi connectivity index (χ0v) is 16.0. The predicted molar refractivity (Wildman–Crippen MR) is 101 cm³/mol. The second-order valence-electron chi connectivity index (χ2n) is 7.04. The SMILES string of the molecule is Cc1ccc(CNC(=O)[C@@H](C)OC(=O)[C@H]2CC(=O)N(Cc3ccco3)C2)cc1. The van der Waals surface area contributed by atoms with Crippen LogP contribution in [0.4, 0.5) is 0 Å². The zero-order valence-electron chi connectivity index (χ0n) is 16.0. The van der Waals surface area contributed by atoms with Crippen molar-refractivity contribution in [2.24, 2.45) is 5.92 Å². The number of hydrogen-bond donors (Lipinski definition) is 1. The summed E-state index contributed by atoms with van der Waals surface area (Å²) < 4.78 is 10.5. The Morgan fingerprint density at radius 2 is 2.04 bits per heavy atom. The molecular weight excluding hydrogens is 360 g/mol. The van der Waals surface area contributed by atoms with Crippen molar-refractivity contribution in [3.63, 3.8) is 0 Å². The monoisotopic (exact) mass is 384 g/mol. The van der Waals surface area contributed by atoms with Crippen molar-refractivity contribution in [2.45, 2.75) is 39.5 Å². The molecule has 1 fully saturated rings. The maximum absolute atomic E-state index is 12.4. The fourth-order valence-electron chi connectivity index (χ4n) is 3.04. The molecule has 28 heavy (non-hydrogen) atoms. The van der Waals surface area contributed by atoms with Crippen molar-refractivity contribution in [2.75, 3.05) is 6.54 Å². The Labute approximate surface area is 163 Å². The predicted octanol–water partition coefficient (Wildman–Crippen LogP) is 2.18. The van der Waals surface area contributed by atoms with Gasteiger partial charge in [-0.25, -0.2) is 0 Å². The van der Waals surface area contributed by atoms with E-state index in [1.165, 1.54) is 6.92 Å². The van der Waals surface area contributed by atoms with Crippen LogP contribution in [0, 0.1) is 12.8 Å². The van der Waals surface area contributed by atoms with Crippen LogP contribution in [0.25, 0.3) is 0 Å². The van der Waals surface area contributed by atoms with Crippen molar-refractivity contribution in [1.82, 2.24) is 10.2 Å². The van der Waals surface area contributed by atoms with Crippen LogP contribution in [0.5, 0.6) is 0 Å². The molecule has 0 unspecified atom stereocenters. The minimum atomic E-state index is -0.924. The Balaban J connectivity index is 1.46. The topological polar surface area (TPSA) is 88.8 Å². The van der Waals surface area contributed by atoms with E-state index in [0.717, 1.165) is 11.1 Å². The number of rotatable bonds is 7. The van der Waals surface area contributed by atoms with Gasteiger partial charge in [0, 0.05) is 19.5 Å². The van der Waals surface area contributed by atoms with Crippen molar-refractivity contribution in [1.29, 1.82) is 0 Å². The molecule has 2 heterocycles. The van der Waals surface area contributed by atoms with Crippen LogP contribution < -0.4 is 5.32 Å². The number of carbonyl (C=O) groups excluding carboxylic acids is 3. The van der Waals surface area contributed by atoms with Gasteiger partial charge in [-0.3, -0.25) is 14.4 Å². The van der Waals surface area contributed by atoms with Gasteiger partial charge < -0.3 is 19.4 Å². The molecule has 1 saturated heterocycles. The number of benzene rings is 1. The number of carbonyl (C=O) groups is 3. The summed E-state index contributed by atoms with van der Waals surface area (Å²) in [6.07, 6.45) is 0.697. The second kappa shape index (κ2) is 8.73. The fourth-order valence-corrected chi connectivity index (χ4v) is 3.04. The van der Waals surface area contributed by atoms with Gasteiger partial charge in [-0.15, -0.1) is 0 Å². The molecule has 0 radical (unpaired) electrons. The molecule has 1 aromatic carbocycles. The first-order chi connectivity index (χ1) is 13.4. The lowest BCUT2D eigenvalue weighted by Crippen LogP contribution is -2.37. The van der Waals surface area contributed by atoms with Gasteiger partial charge in [0.05, 0.1) is 18.7 Å². The Hall–Kier alpha value is -3.09. The van der Waals surface area contributed by atoms with E-state index < -0.39 is 18.0 Å². The summed E-state index contributed by atoms with van der Waals surface area (Å²) in [5.41, 5.74) is 2.11. The normalized spacial score (nSPS) is 17.4. The number of likely N-dealkylation sites (tertiary alicyclic amines) is 1. The maximum atomic E-state index is 12.4. The van der Waals surface area contributed by atoms with Gasteiger partial charge in [-0.1, -0.05) is 29.8 Å². The average Bonchev–Trinajstić information content (AvgIpc) is 3.31. The molecular formula is C21H24N2O5. The molecule has 7 heteroatoms. The molecule has 1 aliphatic rings. The van der Waals surface area contributed by atoms with E-state index in [2.05, 4.69) is 5.32 Å². The third kappa shape index (κ3) is 5.00. The molecule has 0 bridgehead atoms. The highest BCUT2D eigenvalue weighted by atomic mass is 16.5. The van der Waals surface area contributed by atoms with Gasteiger partial charge in [0.1, 0.15) is 5.76 Å². The van der Waals surface area contributed by atoms with Crippen LogP contribution in [0.3, 0.4) is 0 Å². The number of esters is 1. The first kappa shape index (κ1) is 19.7. The van der Waals surface area contributed by atoms with Gasteiger partial charge in [0.2, 0.25) is 5.91 Å². The first-order valence-corrected chi connectivity index (χ1v) is 9.26. The highest BCUT2D eigenvalue weighted by Crippen LogP contribution is 2.22. The molecule has 2 aromatic rings. The summed E-state index contributed by atoms with van der Waals surface area (Å²) in [5.74, 6) is -0.949. The van der Waals surface area contributed by atoms with E-state index in [1.54, 1.807) is 23.3 Å². The number of ether oxygens (including phenoxy) is 1. The standard InChI is InChI=1S/C21H24N2O5/c1-14-5-7-16(8-6-14)11-22-20(25)15(2)28-21(26)17-10-19(24)23(12-17)13-18-4-3-9-27-18/h3-9,15,17H,10-13H2,1-2H3,(H,22,25)/t15-,17+/m1/s1. The molecule has 7 nitrogen and oxygen atoms in total. The Bertz CT molecular complexity index is 829. The molecule has 0 spiro atoms. The Kier molecular flexibility index (Phi) is 6.13. The quantitative estimate of drug-likeness (QED) is 0.739. The average molecular weight is 384 g/mol. The van der Waals surface area contributed by atoms with E-state index in [-0.39, 0.29) is 24.8 Å². The van der Waals surface area contributed by atoms with Crippen LogP contribution >= 0.6 is 0 Å². The summed E-state index contributed by atoms with van der Waals surface area (Å²) in [7, 11) is 0. The summed E-state index contributed by atoms with van der Waals surface area (Å²) >= 11 is 0. The lowest BCUT2D eigenvalue weighted by molar-refractivity contribution is -0.158. The third-order valence-corrected chi connectivity index (χ3v) is 4.72. The van der Waals surface area contributed by atoms with Crippen molar-refractivity contribution < 1.29 is 23.5 Å². The molecule has 0 aliphatic carbocycles. The zero-order chi connectivity index (χ0) is 20.1. The van der Waals surface area contributed by atoms with Crippen molar-refractivity contribution >= 4 is 17.8 Å². The van der Waals surface area contributed by atoms with Gasteiger partial charge in [-0.05, 0) is 31.5 Å². The molecule has 148 valence electrons. The highest BCUT2D eigenvalue weighted by Gasteiger charge is 2.36. The lowest BCUT2D eigenvalue weighted by atomic mass is 10.1. The fraction of sp³-hybridized carbons (Fsp3) is 0.381. The van der Waals surface area contributed by atoms with E-state index >= 15 is 0 Å². The minimum Gasteiger partial charge on any atom is -0.467 e. The summed E-state index contributed by atoms with van der Waals surface area (Å²) in [6, 6.07) is 11.3. The molecule has 1 aliphatic heterocycles. The third-order valence-electron chi connectivity index (χ3n) is 4.72. The van der Waals surface area contributed by atoms with Gasteiger partial charge in [0.15, 0.2) is 6.10 Å². The van der Waals surface area contributed by atoms with Crippen LogP contribution in [0.1, 0.15) is 30.2 Å².